The fraction of sp³-hybridized carbons (Fsp3) is 1.00. The molecule has 2 fully saturated rings. The number of nitrogens with one attached hydrogen (secondary N) is 1. The fourth-order valence-corrected chi connectivity index (χ4v) is 2.23. The van der Waals surface area contributed by atoms with Crippen molar-refractivity contribution in [2.45, 2.75) is 38.3 Å². The molecule has 1 saturated carbocycles. The molecule has 2 rings (SSSR count). The van der Waals surface area contributed by atoms with Gasteiger partial charge in [-0.15, -0.1) is 0 Å². The van der Waals surface area contributed by atoms with E-state index in [1.807, 2.05) is 0 Å². The summed E-state index contributed by atoms with van der Waals surface area (Å²) in [4.78, 5) is 2.58. The second kappa shape index (κ2) is 3.35. The molecule has 1 aliphatic heterocycles. The van der Waals surface area contributed by atoms with Gasteiger partial charge in [0, 0.05) is 18.6 Å². The van der Waals surface area contributed by atoms with Crippen LogP contribution in [0, 0.1) is 5.92 Å². The standard InChI is InChI=1S/C10H20N2/c1-8(9-3-4-9)12(2)10-5-6-11-7-10/h8-11H,3-7H2,1-2H3. The van der Waals surface area contributed by atoms with Crippen molar-refractivity contribution in [3.63, 3.8) is 0 Å². The Morgan fingerprint density at radius 1 is 1.33 bits per heavy atom. The maximum Gasteiger partial charge on any atom is 0.0232 e. The van der Waals surface area contributed by atoms with Gasteiger partial charge < -0.3 is 5.32 Å². The molecule has 1 heterocycles. The maximum absolute atomic E-state index is 3.43. The van der Waals surface area contributed by atoms with E-state index < -0.39 is 0 Å². The van der Waals surface area contributed by atoms with Crippen molar-refractivity contribution in [2.75, 3.05) is 20.1 Å². The Labute approximate surface area is 75.3 Å². The van der Waals surface area contributed by atoms with Gasteiger partial charge in [0.05, 0.1) is 0 Å². The Morgan fingerprint density at radius 3 is 2.58 bits per heavy atom. The lowest BCUT2D eigenvalue weighted by Crippen LogP contribution is -2.40. The predicted octanol–water partition coefficient (Wildman–Crippen LogP) is 1.08. The monoisotopic (exact) mass is 168 g/mol. The Kier molecular flexibility index (Phi) is 2.37. The third-order valence-corrected chi connectivity index (χ3v) is 3.56. The van der Waals surface area contributed by atoms with Crippen LogP contribution in [0.4, 0.5) is 0 Å². The van der Waals surface area contributed by atoms with Gasteiger partial charge in [-0.25, -0.2) is 0 Å². The molecule has 2 heteroatoms. The van der Waals surface area contributed by atoms with E-state index in [-0.39, 0.29) is 0 Å². The molecule has 0 aromatic carbocycles. The second-order valence-electron chi connectivity index (χ2n) is 4.39. The summed E-state index contributed by atoms with van der Waals surface area (Å²) < 4.78 is 0. The number of nitrogens with zero attached hydrogens (tertiary/aromatic N) is 1. The largest absolute Gasteiger partial charge is 0.315 e. The molecule has 0 radical (unpaired) electrons. The minimum atomic E-state index is 0.806. The molecule has 12 heavy (non-hydrogen) atoms. The zero-order valence-electron chi connectivity index (χ0n) is 8.21. The van der Waals surface area contributed by atoms with Crippen molar-refractivity contribution >= 4 is 0 Å². The van der Waals surface area contributed by atoms with E-state index in [0.29, 0.717) is 0 Å². The van der Waals surface area contributed by atoms with Crippen LogP contribution >= 0.6 is 0 Å². The molecule has 2 nitrogen and oxygen atoms in total. The van der Waals surface area contributed by atoms with E-state index in [1.165, 1.54) is 32.4 Å². The van der Waals surface area contributed by atoms with Crippen LogP contribution in [0.3, 0.4) is 0 Å². The van der Waals surface area contributed by atoms with Crippen LogP contribution in [0.25, 0.3) is 0 Å². The maximum atomic E-state index is 3.43. The summed E-state index contributed by atoms with van der Waals surface area (Å²) in [6.07, 6.45) is 4.27. The molecule has 2 atom stereocenters. The molecule has 0 spiro atoms. The zero-order chi connectivity index (χ0) is 8.55. The first-order valence-corrected chi connectivity index (χ1v) is 5.21. The van der Waals surface area contributed by atoms with Crippen LogP contribution in [0.2, 0.25) is 0 Å². The first-order valence-electron chi connectivity index (χ1n) is 5.21. The predicted molar refractivity (Wildman–Crippen MR) is 51.2 cm³/mol. The van der Waals surface area contributed by atoms with Gasteiger partial charge in [-0.1, -0.05) is 0 Å². The van der Waals surface area contributed by atoms with Gasteiger partial charge in [0.2, 0.25) is 0 Å². The van der Waals surface area contributed by atoms with E-state index in [2.05, 4.69) is 24.2 Å². The zero-order valence-corrected chi connectivity index (χ0v) is 8.21. The van der Waals surface area contributed by atoms with E-state index in [4.69, 9.17) is 0 Å². The molecule has 1 aliphatic carbocycles. The van der Waals surface area contributed by atoms with Crippen molar-refractivity contribution in [1.82, 2.24) is 10.2 Å². The number of rotatable bonds is 3. The van der Waals surface area contributed by atoms with Crippen molar-refractivity contribution in [1.29, 1.82) is 0 Å². The molecule has 0 bridgehead atoms. The third-order valence-electron chi connectivity index (χ3n) is 3.56. The number of hydrogen-bond acceptors (Lipinski definition) is 2. The smallest absolute Gasteiger partial charge is 0.0232 e. The molecule has 1 N–H and O–H groups in total. The highest BCUT2D eigenvalue weighted by Crippen LogP contribution is 2.35. The Morgan fingerprint density at radius 2 is 2.08 bits per heavy atom. The quantitative estimate of drug-likeness (QED) is 0.678. The van der Waals surface area contributed by atoms with Crippen LogP contribution in [-0.4, -0.2) is 37.1 Å². The molecular formula is C10H20N2. The summed E-state index contributed by atoms with van der Waals surface area (Å²) in [5.74, 6) is 1.01. The van der Waals surface area contributed by atoms with E-state index in [9.17, 15) is 0 Å². The van der Waals surface area contributed by atoms with Gasteiger partial charge in [-0.2, -0.15) is 0 Å². The molecular weight excluding hydrogens is 148 g/mol. The highest BCUT2D eigenvalue weighted by Gasteiger charge is 2.33. The minimum Gasteiger partial charge on any atom is -0.315 e. The number of likely N-dealkylation sites (N-methyl/N-ethyl adjacent to an activating group) is 1. The lowest BCUT2D eigenvalue weighted by Gasteiger charge is -2.30. The summed E-state index contributed by atoms with van der Waals surface area (Å²) in [5.41, 5.74) is 0. The minimum absolute atomic E-state index is 0.806. The van der Waals surface area contributed by atoms with E-state index in [0.717, 1.165) is 18.0 Å². The van der Waals surface area contributed by atoms with Crippen LogP contribution in [-0.2, 0) is 0 Å². The molecule has 0 amide bonds. The van der Waals surface area contributed by atoms with Gasteiger partial charge in [0.15, 0.2) is 0 Å². The SMILES string of the molecule is CC(C1CC1)N(C)C1CCNC1. The van der Waals surface area contributed by atoms with Gasteiger partial charge in [-0.05, 0) is 45.7 Å². The van der Waals surface area contributed by atoms with Crippen molar-refractivity contribution in [3.8, 4) is 0 Å². The van der Waals surface area contributed by atoms with Crippen LogP contribution in [0.1, 0.15) is 26.2 Å². The lowest BCUT2D eigenvalue weighted by atomic mass is 10.1. The first-order chi connectivity index (χ1) is 5.79. The average molecular weight is 168 g/mol. The fourth-order valence-electron chi connectivity index (χ4n) is 2.23. The van der Waals surface area contributed by atoms with Crippen LogP contribution in [0.5, 0.6) is 0 Å². The van der Waals surface area contributed by atoms with Crippen molar-refractivity contribution in [2.24, 2.45) is 5.92 Å². The molecule has 1 saturated heterocycles. The number of hydrogen-bond donors (Lipinski definition) is 1. The Hall–Kier alpha value is -0.0800. The van der Waals surface area contributed by atoms with Crippen LogP contribution in [0.15, 0.2) is 0 Å². The molecule has 0 aromatic heterocycles. The van der Waals surface area contributed by atoms with Crippen molar-refractivity contribution < 1.29 is 0 Å². The second-order valence-corrected chi connectivity index (χ2v) is 4.39. The molecule has 70 valence electrons. The van der Waals surface area contributed by atoms with Gasteiger partial charge in [0.25, 0.3) is 0 Å². The summed E-state index contributed by atoms with van der Waals surface area (Å²) in [6, 6.07) is 1.62. The van der Waals surface area contributed by atoms with Gasteiger partial charge in [-0.3, -0.25) is 4.90 Å². The summed E-state index contributed by atoms with van der Waals surface area (Å²) >= 11 is 0. The summed E-state index contributed by atoms with van der Waals surface area (Å²) in [5, 5.41) is 3.43. The third kappa shape index (κ3) is 1.64. The van der Waals surface area contributed by atoms with E-state index >= 15 is 0 Å². The highest BCUT2D eigenvalue weighted by molar-refractivity contribution is 4.89. The first kappa shape index (κ1) is 8.52. The summed E-state index contributed by atoms with van der Waals surface area (Å²) in [7, 11) is 2.29. The van der Waals surface area contributed by atoms with Gasteiger partial charge >= 0.3 is 0 Å². The van der Waals surface area contributed by atoms with Gasteiger partial charge in [0.1, 0.15) is 0 Å². The highest BCUT2D eigenvalue weighted by atomic mass is 15.2. The van der Waals surface area contributed by atoms with Crippen LogP contribution < -0.4 is 5.32 Å². The normalized spacial score (nSPS) is 32.8. The lowest BCUT2D eigenvalue weighted by molar-refractivity contribution is 0.177. The summed E-state index contributed by atoms with van der Waals surface area (Å²) in [6.45, 7) is 4.80. The molecule has 2 unspecified atom stereocenters. The Balaban J connectivity index is 1.84. The Bertz CT molecular complexity index is 146. The van der Waals surface area contributed by atoms with Crippen molar-refractivity contribution in [3.05, 3.63) is 0 Å². The van der Waals surface area contributed by atoms with E-state index in [1.54, 1.807) is 0 Å². The topological polar surface area (TPSA) is 15.3 Å². The average Bonchev–Trinajstić information content (AvgIpc) is 2.79. The molecule has 0 aromatic rings. The molecule has 2 aliphatic rings.